The second kappa shape index (κ2) is 8.82. The summed E-state index contributed by atoms with van der Waals surface area (Å²) in [6.45, 7) is 0.661. The fourth-order valence-electron chi connectivity index (χ4n) is 2.09. The minimum atomic E-state index is -0.129. The number of carbonyl (C=O) groups excluding carboxylic acids is 1. The van der Waals surface area contributed by atoms with Crippen molar-refractivity contribution in [2.24, 2.45) is 5.73 Å². The molecule has 0 fully saturated rings. The van der Waals surface area contributed by atoms with E-state index in [4.69, 9.17) is 5.73 Å². The Balaban J connectivity index is 0.00000220. The monoisotopic (exact) mass is 324 g/mol. The maximum atomic E-state index is 12.1. The summed E-state index contributed by atoms with van der Waals surface area (Å²) in [6, 6.07) is 14.0. The van der Waals surface area contributed by atoms with E-state index in [9.17, 15) is 4.79 Å². The summed E-state index contributed by atoms with van der Waals surface area (Å²) in [5.41, 5.74) is 7.25. The average Bonchev–Trinajstić information content (AvgIpc) is 2.92. The SMILES string of the molecule is CN(Cc1cccs1)C(=O)CC(N)Cc1ccccc1.Cl. The first-order valence-electron chi connectivity index (χ1n) is 6.71. The van der Waals surface area contributed by atoms with Crippen molar-refractivity contribution in [2.75, 3.05) is 7.05 Å². The van der Waals surface area contributed by atoms with Gasteiger partial charge in [-0.15, -0.1) is 23.7 Å². The van der Waals surface area contributed by atoms with Crippen molar-refractivity contribution in [3.63, 3.8) is 0 Å². The molecule has 5 heteroatoms. The Kier molecular flexibility index (Phi) is 7.43. The van der Waals surface area contributed by atoms with Crippen LogP contribution in [0.3, 0.4) is 0 Å². The van der Waals surface area contributed by atoms with Gasteiger partial charge in [-0.2, -0.15) is 0 Å². The van der Waals surface area contributed by atoms with Crippen LogP contribution in [0.2, 0.25) is 0 Å². The Labute approximate surface area is 136 Å². The molecule has 2 aromatic rings. The fraction of sp³-hybridized carbons (Fsp3) is 0.312. The van der Waals surface area contributed by atoms with E-state index in [-0.39, 0.29) is 24.4 Å². The summed E-state index contributed by atoms with van der Waals surface area (Å²) >= 11 is 1.67. The number of thiophene rings is 1. The van der Waals surface area contributed by atoms with Crippen molar-refractivity contribution in [2.45, 2.75) is 25.4 Å². The van der Waals surface area contributed by atoms with Crippen LogP contribution in [0.5, 0.6) is 0 Å². The van der Waals surface area contributed by atoms with Gasteiger partial charge in [-0.25, -0.2) is 0 Å². The summed E-state index contributed by atoms with van der Waals surface area (Å²) in [7, 11) is 1.83. The number of rotatable bonds is 6. The second-order valence-electron chi connectivity index (χ2n) is 4.98. The first-order valence-corrected chi connectivity index (χ1v) is 7.59. The van der Waals surface area contributed by atoms with E-state index in [1.807, 2.05) is 54.9 Å². The maximum Gasteiger partial charge on any atom is 0.224 e. The third kappa shape index (κ3) is 5.87. The van der Waals surface area contributed by atoms with Gasteiger partial charge in [0.15, 0.2) is 0 Å². The highest BCUT2D eigenvalue weighted by Crippen LogP contribution is 2.12. The average molecular weight is 325 g/mol. The van der Waals surface area contributed by atoms with Crippen LogP contribution < -0.4 is 5.73 Å². The van der Waals surface area contributed by atoms with E-state index in [1.165, 1.54) is 10.4 Å². The number of nitrogens with zero attached hydrogens (tertiary/aromatic N) is 1. The lowest BCUT2D eigenvalue weighted by molar-refractivity contribution is -0.130. The Morgan fingerprint density at radius 3 is 2.57 bits per heavy atom. The van der Waals surface area contributed by atoms with E-state index in [0.717, 1.165) is 6.42 Å². The van der Waals surface area contributed by atoms with Gasteiger partial charge in [0.25, 0.3) is 0 Å². The predicted octanol–water partition coefficient (Wildman–Crippen LogP) is 3.09. The highest BCUT2D eigenvalue weighted by molar-refractivity contribution is 7.09. The third-order valence-corrected chi connectivity index (χ3v) is 4.04. The molecule has 114 valence electrons. The van der Waals surface area contributed by atoms with Crippen LogP contribution in [-0.4, -0.2) is 23.9 Å². The number of halogens is 1. The zero-order valence-electron chi connectivity index (χ0n) is 12.1. The predicted molar refractivity (Wildman–Crippen MR) is 90.8 cm³/mol. The maximum absolute atomic E-state index is 12.1. The van der Waals surface area contributed by atoms with E-state index in [2.05, 4.69) is 0 Å². The molecule has 0 saturated heterocycles. The number of hydrogen-bond acceptors (Lipinski definition) is 3. The highest BCUT2D eigenvalue weighted by Gasteiger charge is 2.14. The molecule has 1 unspecified atom stereocenters. The van der Waals surface area contributed by atoms with Gasteiger partial charge in [-0.05, 0) is 23.4 Å². The molecule has 0 aliphatic heterocycles. The number of carbonyl (C=O) groups is 1. The quantitative estimate of drug-likeness (QED) is 0.887. The van der Waals surface area contributed by atoms with Gasteiger partial charge in [-0.3, -0.25) is 4.79 Å². The van der Waals surface area contributed by atoms with Crippen LogP contribution in [0.25, 0.3) is 0 Å². The van der Waals surface area contributed by atoms with E-state index in [0.29, 0.717) is 13.0 Å². The van der Waals surface area contributed by atoms with Crippen LogP contribution in [0.15, 0.2) is 47.8 Å². The largest absolute Gasteiger partial charge is 0.341 e. The molecule has 1 heterocycles. The standard InChI is InChI=1S/C16H20N2OS.ClH/c1-18(12-15-8-5-9-20-15)16(19)11-14(17)10-13-6-3-2-4-7-13;/h2-9,14H,10-12,17H2,1H3;1H. The minimum Gasteiger partial charge on any atom is -0.341 e. The zero-order chi connectivity index (χ0) is 14.4. The van der Waals surface area contributed by atoms with E-state index >= 15 is 0 Å². The second-order valence-corrected chi connectivity index (χ2v) is 6.02. The molecule has 0 aliphatic carbocycles. The summed E-state index contributed by atoms with van der Waals surface area (Å²) in [4.78, 5) is 15.1. The zero-order valence-corrected chi connectivity index (χ0v) is 13.7. The first kappa shape index (κ1) is 17.7. The molecule has 0 aliphatic rings. The lowest BCUT2D eigenvalue weighted by Crippen LogP contribution is -2.34. The molecule has 1 aromatic carbocycles. The Hall–Kier alpha value is -1.36. The third-order valence-electron chi connectivity index (χ3n) is 3.18. The highest BCUT2D eigenvalue weighted by atomic mass is 35.5. The molecule has 1 amide bonds. The van der Waals surface area contributed by atoms with Gasteiger partial charge in [0.05, 0.1) is 6.54 Å². The topological polar surface area (TPSA) is 46.3 Å². The van der Waals surface area contributed by atoms with Crippen molar-refractivity contribution in [3.05, 3.63) is 58.3 Å². The Bertz CT molecular complexity index is 530. The van der Waals surface area contributed by atoms with Crippen LogP contribution in [0.4, 0.5) is 0 Å². The Morgan fingerprint density at radius 1 is 1.24 bits per heavy atom. The fourth-order valence-corrected chi connectivity index (χ4v) is 2.85. The van der Waals surface area contributed by atoms with Crippen LogP contribution in [0.1, 0.15) is 16.9 Å². The molecule has 2 rings (SSSR count). The van der Waals surface area contributed by atoms with Crippen LogP contribution in [-0.2, 0) is 17.8 Å². The molecule has 0 bridgehead atoms. The van der Waals surface area contributed by atoms with Crippen LogP contribution >= 0.6 is 23.7 Å². The van der Waals surface area contributed by atoms with Gasteiger partial charge < -0.3 is 10.6 Å². The molecule has 2 N–H and O–H groups in total. The van der Waals surface area contributed by atoms with Gasteiger partial charge in [0.2, 0.25) is 5.91 Å². The minimum absolute atomic E-state index is 0. The normalized spacial score (nSPS) is 11.5. The molecule has 0 spiro atoms. The lowest BCUT2D eigenvalue weighted by atomic mass is 10.0. The first-order chi connectivity index (χ1) is 9.65. The molecule has 3 nitrogen and oxygen atoms in total. The molecule has 0 radical (unpaired) electrons. The number of nitrogens with two attached hydrogens (primary N) is 1. The molecular weight excluding hydrogens is 304 g/mol. The van der Waals surface area contributed by atoms with Crippen molar-refractivity contribution in [1.29, 1.82) is 0 Å². The van der Waals surface area contributed by atoms with Gasteiger partial charge in [0, 0.05) is 24.4 Å². The van der Waals surface area contributed by atoms with Gasteiger partial charge in [-0.1, -0.05) is 36.4 Å². The number of hydrogen-bond donors (Lipinski definition) is 1. The number of benzene rings is 1. The molecule has 1 aromatic heterocycles. The molecule has 21 heavy (non-hydrogen) atoms. The van der Waals surface area contributed by atoms with Gasteiger partial charge in [0.1, 0.15) is 0 Å². The van der Waals surface area contributed by atoms with E-state index < -0.39 is 0 Å². The summed E-state index contributed by atoms with van der Waals surface area (Å²) < 4.78 is 0. The molecule has 1 atom stereocenters. The van der Waals surface area contributed by atoms with Crippen molar-refractivity contribution in [3.8, 4) is 0 Å². The summed E-state index contributed by atoms with van der Waals surface area (Å²) in [6.07, 6.45) is 1.12. The van der Waals surface area contributed by atoms with Crippen molar-refractivity contribution >= 4 is 29.7 Å². The summed E-state index contributed by atoms with van der Waals surface area (Å²) in [5, 5.41) is 2.02. The number of amides is 1. The summed E-state index contributed by atoms with van der Waals surface area (Å²) in [5.74, 6) is 0.0989. The van der Waals surface area contributed by atoms with Crippen molar-refractivity contribution in [1.82, 2.24) is 4.90 Å². The van der Waals surface area contributed by atoms with Gasteiger partial charge >= 0.3 is 0 Å². The smallest absolute Gasteiger partial charge is 0.224 e. The molecular formula is C16H21ClN2OS. The Morgan fingerprint density at radius 2 is 1.95 bits per heavy atom. The van der Waals surface area contributed by atoms with Crippen molar-refractivity contribution < 1.29 is 4.79 Å². The van der Waals surface area contributed by atoms with E-state index in [1.54, 1.807) is 16.2 Å². The molecule has 0 saturated carbocycles. The lowest BCUT2D eigenvalue weighted by Gasteiger charge is -2.19. The van der Waals surface area contributed by atoms with Crippen LogP contribution in [0, 0.1) is 0 Å².